The number of rotatable bonds is 2. The highest BCUT2D eigenvalue weighted by atomic mass is 79.9. The van der Waals surface area contributed by atoms with Crippen LogP contribution in [0.4, 0.5) is 0 Å². The molecule has 0 aliphatic carbocycles. The first-order chi connectivity index (χ1) is 7.15. The zero-order chi connectivity index (χ0) is 10.8. The molecule has 0 unspecified atom stereocenters. The van der Waals surface area contributed by atoms with Gasteiger partial charge in [-0.25, -0.2) is 0 Å². The van der Waals surface area contributed by atoms with Crippen molar-refractivity contribution >= 4 is 31.9 Å². The van der Waals surface area contributed by atoms with Crippen molar-refractivity contribution in [2.75, 3.05) is 0 Å². The van der Waals surface area contributed by atoms with Gasteiger partial charge in [-0.3, -0.25) is 4.79 Å². The van der Waals surface area contributed by atoms with E-state index in [-0.39, 0.29) is 5.56 Å². The van der Waals surface area contributed by atoms with Gasteiger partial charge in [-0.05, 0) is 50.1 Å². The molecular weight excluding hydrogens is 326 g/mol. The molecular formula is C10H7Br2NO2. The third-order valence-corrected chi connectivity index (χ3v) is 2.80. The Labute approximate surface area is 103 Å². The minimum absolute atomic E-state index is 0.0503. The number of furan rings is 1. The summed E-state index contributed by atoms with van der Waals surface area (Å²) in [6.45, 7) is 0.434. The molecule has 3 nitrogen and oxygen atoms in total. The van der Waals surface area contributed by atoms with E-state index in [0.717, 1.165) is 10.2 Å². The molecule has 0 amide bonds. The van der Waals surface area contributed by atoms with Crippen molar-refractivity contribution in [1.29, 1.82) is 0 Å². The molecule has 0 atom stereocenters. The van der Waals surface area contributed by atoms with Crippen LogP contribution in [0.5, 0.6) is 0 Å². The third-order valence-electron chi connectivity index (χ3n) is 1.90. The number of hydrogen-bond acceptors (Lipinski definition) is 2. The quantitative estimate of drug-likeness (QED) is 0.847. The van der Waals surface area contributed by atoms with Gasteiger partial charge in [0.2, 0.25) is 0 Å². The molecule has 0 N–H and O–H groups in total. The fraction of sp³-hybridized carbons (Fsp3) is 0.100. The van der Waals surface area contributed by atoms with E-state index in [2.05, 4.69) is 31.9 Å². The monoisotopic (exact) mass is 331 g/mol. The minimum Gasteiger partial charge on any atom is -0.452 e. The van der Waals surface area contributed by atoms with Gasteiger partial charge < -0.3 is 8.98 Å². The molecule has 0 aliphatic heterocycles. The van der Waals surface area contributed by atoms with Crippen LogP contribution in [0.2, 0.25) is 0 Å². The zero-order valence-corrected chi connectivity index (χ0v) is 10.8. The van der Waals surface area contributed by atoms with E-state index >= 15 is 0 Å². The minimum atomic E-state index is -0.0503. The van der Waals surface area contributed by atoms with Crippen LogP contribution in [0, 0.1) is 0 Å². The first kappa shape index (κ1) is 10.7. The topological polar surface area (TPSA) is 35.1 Å². The second-order valence-electron chi connectivity index (χ2n) is 3.02. The molecule has 0 saturated carbocycles. The van der Waals surface area contributed by atoms with Crippen molar-refractivity contribution in [3.63, 3.8) is 0 Å². The van der Waals surface area contributed by atoms with E-state index in [0.29, 0.717) is 11.2 Å². The Morgan fingerprint density at radius 1 is 1.20 bits per heavy atom. The standard InChI is InChI=1S/C10H7Br2NO2/c11-7-1-4-10(14)13(5-7)6-8-2-3-9(12)15-8/h1-5H,6H2. The first-order valence-corrected chi connectivity index (χ1v) is 5.84. The van der Waals surface area contributed by atoms with Gasteiger partial charge in [-0.2, -0.15) is 0 Å². The molecule has 0 saturated heterocycles. The van der Waals surface area contributed by atoms with Crippen LogP contribution in [-0.4, -0.2) is 4.57 Å². The summed E-state index contributed by atoms with van der Waals surface area (Å²) in [5, 5.41) is 0. The maximum Gasteiger partial charge on any atom is 0.250 e. The van der Waals surface area contributed by atoms with Crippen LogP contribution in [0.25, 0.3) is 0 Å². The molecule has 78 valence electrons. The van der Waals surface area contributed by atoms with E-state index < -0.39 is 0 Å². The van der Waals surface area contributed by atoms with Gasteiger partial charge in [0.25, 0.3) is 5.56 Å². The number of halogens is 2. The summed E-state index contributed by atoms with van der Waals surface area (Å²) in [6.07, 6.45) is 1.73. The van der Waals surface area contributed by atoms with E-state index in [1.165, 1.54) is 6.07 Å². The molecule has 15 heavy (non-hydrogen) atoms. The molecule has 0 aromatic carbocycles. The average molecular weight is 333 g/mol. The van der Waals surface area contributed by atoms with Gasteiger partial charge in [0.05, 0.1) is 6.54 Å². The molecule has 0 aliphatic rings. The Kier molecular flexibility index (Phi) is 3.11. The second kappa shape index (κ2) is 4.37. The highest BCUT2D eigenvalue weighted by molar-refractivity contribution is 9.10. The van der Waals surface area contributed by atoms with Gasteiger partial charge in [0.1, 0.15) is 5.76 Å². The van der Waals surface area contributed by atoms with Gasteiger partial charge in [-0.1, -0.05) is 0 Å². The summed E-state index contributed by atoms with van der Waals surface area (Å²) >= 11 is 6.53. The lowest BCUT2D eigenvalue weighted by molar-refractivity contribution is 0.471. The number of nitrogens with zero attached hydrogens (tertiary/aromatic N) is 1. The van der Waals surface area contributed by atoms with Crippen LogP contribution in [-0.2, 0) is 6.54 Å². The molecule has 2 aromatic rings. The maximum absolute atomic E-state index is 11.5. The van der Waals surface area contributed by atoms with E-state index in [9.17, 15) is 4.79 Å². The lowest BCUT2D eigenvalue weighted by atomic mass is 10.4. The van der Waals surface area contributed by atoms with Crippen molar-refractivity contribution in [3.8, 4) is 0 Å². The van der Waals surface area contributed by atoms with Gasteiger partial charge >= 0.3 is 0 Å². The van der Waals surface area contributed by atoms with E-state index in [1.54, 1.807) is 22.9 Å². The fourth-order valence-corrected chi connectivity index (χ4v) is 1.95. The molecule has 0 fully saturated rings. The molecule has 2 heterocycles. The predicted molar refractivity (Wildman–Crippen MR) is 63.9 cm³/mol. The summed E-state index contributed by atoms with van der Waals surface area (Å²) in [6, 6.07) is 6.87. The Morgan fingerprint density at radius 3 is 2.67 bits per heavy atom. The molecule has 0 spiro atoms. The first-order valence-electron chi connectivity index (χ1n) is 4.25. The lowest BCUT2D eigenvalue weighted by Crippen LogP contribution is -2.18. The highest BCUT2D eigenvalue weighted by Crippen LogP contribution is 2.15. The smallest absolute Gasteiger partial charge is 0.250 e. The molecule has 0 radical (unpaired) electrons. The second-order valence-corrected chi connectivity index (χ2v) is 4.72. The van der Waals surface area contributed by atoms with Gasteiger partial charge in [-0.15, -0.1) is 0 Å². The van der Waals surface area contributed by atoms with Gasteiger partial charge in [0, 0.05) is 16.7 Å². The summed E-state index contributed by atoms with van der Waals surface area (Å²) in [7, 11) is 0. The van der Waals surface area contributed by atoms with Crippen molar-refractivity contribution in [1.82, 2.24) is 4.57 Å². The maximum atomic E-state index is 11.5. The van der Waals surface area contributed by atoms with Crippen molar-refractivity contribution < 1.29 is 4.42 Å². The van der Waals surface area contributed by atoms with Crippen LogP contribution < -0.4 is 5.56 Å². The third kappa shape index (κ3) is 2.60. The largest absolute Gasteiger partial charge is 0.452 e. The summed E-state index contributed by atoms with van der Waals surface area (Å²) in [5.74, 6) is 0.738. The number of pyridine rings is 1. The Hall–Kier alpha value is -0.810. The predicted octanol–water partition coefficient (Wildman–Crippen LogP) is 3.01. The molecule has 0 bridgehead atoms. The van der Waals surface area contributed by atoms with Crippen molar-refractivity contribution in [2.45, 2.75) is 6.54 Å². The Bertz CT molecular complexity index is 530. The van der Waals surface area contributed by atoms with Crippen molar-refractivity contribution in [2.24, 2.45) is 0 Å². The zero-order valence-electron chi connectivity index (χ0n) is 7.61. The van der Waals surface area contributed by atoms with Crippen LogP contribution in [0.1, 0.15) is 5.76 Å². The normalized spacial score (nSPS) is 10.5. The summed E-state index contributed by atoms with van der Waals surface area (Å²) < 4.78 is 8.44. The SMILES string of the molecule is O=c1ccc(Br)cn1Cc1ccc(Br)o1. The van der Waals surface area contributed by atoms with E-state index in [4.69, 9.17) is 4.42 Å². The van der Waals surface area contributed by atoms with Gasteiger partial charge in [0.15, 0.2) is 4.67 Å². The number of hydrogen-bond donors (Lipinski definition) is 0. The van der Waals surface area contributed by atoms with E-state index in [1.807, 2.05) is 6.07 Å². The number of aromatic nitrogens is 1. The van der Waals surface area contributed by atoms with Crippen LogP contribution in [0.15, 0.2) is 48.8 Å². The molecule has 2 rings (SSSR count). The lowest BCUT2D eigenvalue weighted by Gasteiger charge is -2.02. The Morgan fingerprint density at radius 2 is 2.00 bits per heavy atom. The van der Waals surface area contributed by atoms with Crippen LogP contribution in [0.3, 0.4) is 0 Å². The highest BCUT2D eigenvalue weighted by Gasteiger charge is 2.02. The molecule has 5 heteroatoms. The van der Waals surface area contributed by atoms with Crippen LogP contribution >= 0.6 is 31.9 Å². The fourth-order valence-electron chi connectivity index (χ4n) is 1.23. The summed E-state index contributed by atoms with van der Waals surface area (Å²) in [4.78, 5) is 11.5. The van der Waals surface area contributed by atoms with Crippen molar-refractivity contribution in [3.05, 3.63) is 55.7 Å². The average Bonchev–Trinajstić information content (AvgIpc) is 2.58. The Balaban J connectivity index is 2.31. The summed E-state index contributed by atoms with van der Waals surface area (Å²) in [5.41, 5.74) is -0.0503. The molecule has 2 aromatic heterocycles.